The van der Waals surface area contributed by atoms with Gasteiger partial charge in [0, 0.05) is 25.0 Å². The van der Waals surface area contributed by atoms with Crippen LogP contribution in [0, 0.1) is 5.82 Å². The summed E-state index contributed by atoms with van der Waals surface area (Å²) in [6, 6.07) is 6.08. The monoisotopic (exact) mass is 326 g/mol. The molecule has 0 atom stereocenters. The molecule has 1 amide bonds. The van der Waals surface area contributed by atoms with E-state index in [0.717, 1.165) is 31.6 Å². The third-order valence-electron chi connectivity index (χ3n) is 4.65. The molecular weight excluding hydrogens is 307 g/mol. The van der Waals surface area contributed by atoms with Gasteiger partial charge >= 0.3 is 0 Å². The van der Waals surface area contributed by atoms with Crippen LogP contribution in [0.25, 0.3) is 0 Å². The number of hydrogen-bond donors (Lipinski definition) is 0. The zero-order chi connectivity index (χ0) is 16.5. The van der Waals surface area contributed by atoms with Crippen LogP contribution >= 0.6 is 0 Å². The Bertz CT molecular complexity index is 771. The van der Waals surface area contributed by atoms with Gasteiger partial charge in [0.2, 0.25) is 5.95 Å². The van der Waals surface area contributed by atoms with Crippen LogP contribution in [0.2, 0.25) is 0 Å². The number of benzene rings is 1. The van der Waals surface area contributed by atoms with Gasteiger partial charge in [0.1, 0.15) is 5.82 Å². The molecule has 1 fully saturated rings. The fourth-order valence-corrected chi connectivity index (χ4v) is 3.35. The average molecular weight is 326 g/mol. The third-order valence-corrected chi connectivity index (χ3v) is 4.65. The second-order valence-corrected chi connectivity index (χ2v) is 6.30. The summed E-state index contributed by atoms with van der Waals surface area (Å²) in [5.41, 5.74) is 1.78. The first-order valence-electron chi connectivity index (χ1n) is 8.41. The second-order valence-electron chi connectivity index (χ2n) is 6.30. The Morgan fingerprint density at radius 2 is 1.88 bits per heavy atom. The molecule has 3 heterocycles. The molecule has 2 aliphatic rings. The van der Waals surface area contributed by atoms with Crippen molar-refractivity contribution in [3.63, 3.8) is 0 Å². The van der Waals surface area contributed by atoms with Gasteiger partial charge in [-0.3, -0.25) is 4.79 Å². The zero-order valence-corrected chi connectivity index (χ0v) is 13.4. The summed E-state index contributed by atoms with van der Waals surface area (Å²) in [6.07, 6.45) is 6.40. The van der Waals surface area contributed by atoms with Crippen molar-refractivity contribution in [2.75, 3.05) is 22.9 Å². The van der Waals surface area contributed by atoms with Crippen molar-refractivity contribution in [2.45, 2.75) is 32.2 Å². The number of rotatable bonds is 2. The van der Waals surface area contributed by atoms with Crippen molar-refractivity contribution in [3.8, 4) is 0 Å². The van der Waals surface area contributed by atoms with Crippen LogP contribution in [0.15, 0.2) is 30.5 Å². The van der Waals surface area contributed by atoms with Crippen LogP contribution in [0.4, 0.5) is 16.0 Å². The van der Waals surface area contributed by atoms with Gasteiger partial charge < -0.3 is 9.80 Å². The lowest BCUT2D eigenvalue weighted by Crippen LogP contribution is -2.26. The van der Waals surface area contributed by atoms with Crippen molar-refractivity contribution in [2.24, 2.45) is 0 Å². The minimum atomic E-state index is -0.354. The molecule has 0 radical (unpaired) electrons. The molecule has 2 aliphatic heterocycles. The molecule has 1 aromatic carbocycles. The summed E-state index contributed by atoms with van der Waals surface area (Å²) in [5, 5.41) is 0. The van der Waals surface area contributed by atoms with Gasteiger partial charge in [-0.25, -0.2) is 14.4 Å². The van der Waals surface area contributed by atoms with Gasteiger partial charge in [0.15, 0.2) is 0 Å². The SMILES string of the molecule is O=C1c2cnc(N3CCCCCC3)nc2CN1c1cccc(F)c1. The molecule has 24 heavy (non-hydrogen) atoms. The molecule has 1 aromatic heterocycles. The molecule has 0 saturated carbocycles. The summed E-state index contributed by atoms with van der Waals surface area (Å²) in [4.78, 5) is 25.3. The molecule has 1 saturated heterocycles. The predicted molar refractivity (Wildman–Crippen MR) is 89.6 cm³/mol. The molecule has 5 nitrogen and oxygen atoms in total. The van der Waals surface area contributed by atoms with Gasteiger partial charge in [-0.05, 0) is 31.0 Å². The molecule has 4 rings (SSSR count). The maximum atomic E-state index is 13.4. The molecule has 0 N–H and O–H groups in total. The van der Waals surface area contributed by atoms with Crippen molar-refractivity contribution in [1.82, 2.24) is 9.97 Å². The van der Waals surface area contributed by atoms with Crippen LogP contribution in [0.5, 0.6) is 0 Å². The number of anilines is 2. The first-order chi connectivity index (χ1) is 11.7. The van der Waals surface area contributed by atoms with Crippen LogP contribution < -0.4 is 9.80 Å². The number of nitrogens with zero attached hydrogens (tertiary/aromatic N) is 4. The largest absolute Gasteiger partial charge is 0.341 e. The summed E-state index contributed by atoms with van der Waals surface area (Å²) in [6.45, 7) is 2.28. The molecule has 0 unspecified atom stereocenters. The van der Waals surface area contributed by atoms with E-state index in [1.807, 2.05) is 0 Å². The third kappa shape index (κ3) is 2.72. The summed E-state index contributed by atoms with van der Waals surface area (Å²) < 4.78 is 13.4. The van der Waals surface area contributed by atoms with Gasteiger partial charge in [-0.2, -0.15) is 0 Å². The maximum absolute atomic E-state index is 13.4. The summed E-state index contributed by atoms with van der Waals surface area (Å²) in [7, 11) is 0. The number of aromatic nitrogens is 2. The number of carbonyl (C=O) groups is 1. The lowest BCUT2D eigenvalue weighted by molar-refractivity contribution is 0.0996. The molecule has 0 bridgehead atoms. The summed E-state index contributed by atoms with van der Waals surface area (Å²) >= 11 is 0. The minimum absolute atomic E-state index is 0.169. The van der Waals surface area contributed by atoms with Crippen LogP contribution in [0.1, 0.15) is 41.7 Å². The fourth-order valence-electron chi connectivity index (χ4n) is 3.35. The number of amides is 1. The lowest BCUT2D eigenvalue weighted by Gasteiger charge is -2.20. The highest BCUT2D eigenvalue weighted by Gasteiger charge is 2.31. The van der Waals surface area contributed by atoms with E-state index in [-0.39, 0.29) is 11.7 Å². The summed E-state index contributed by atoms with van der Waals surface area (Å²) in [5.74, 6) is 0.176. The quantitative estimate of drug-likeness (QED) is 0.850. The van der Waals surface area contributed by atoms with Gasteiger partial charge in [0.05, 0.1) is 17.8 Å². The van der Waals surface area contributed by atoms with E-state index in [1.54, 1.807) is 23.2 Å². The Morgan fingerprint density at radius 3 is 2.62 bits per heavy atom. The Kier molecular flexibility index (Phi) is 3.88. The smallest absolute Gasteiger partial charge is 0.262 e. The van der Waals surface area contributed by atoms with E-state index in [9.17, 15) is 9.18 Å². The first-order valence-corrected chi connectivity index (χ1v) is 8.41. The fraction of sp³-hybridized carbons (Fsp3) is 0.389. The van der Waals surface area contributed by atoms with Crippen molar-refractivity contribution < 1.29 is 9.18 Å². The standard InChI is InChI=1S/C18H19FN4O/c19-13-6-5-7-14(10-13)23-12-16-15(17(23)24)11-20-18(21-16)22-8-3-1-2-4-9-22/h5-7,10-11H,1-4,8-9,12H2. The molecule has 0 spiro atoms. The van der Waals surface area contributed by atoms with E-state index in [1.165, 1.54) is 25.0 Å². The zero-order valence-electron chi connectivity index (χ0n) is 13.4. The molecule has 0 aliphatic carbocycles. The minimum Gasteiger partial charge on any atom is -0.341 e. The van der Waals surface area contributed by atoms with E-state index < -0.39 is 0 Å². The van der Waals surface area contributed by atoms with Gasteiger partial charge in [-0.1, -0.05) is 18.9 Å². The molecule has 2 aromatic rings. The average Bonchev–Trinajstić information content (AvgIpc) is 2.78. The highest BCUT2D eigenvalue weighted by molar-refractivity contribution is 6.09. The number of halogens is 1. The van der Waals surface area contributed by atoms with Crippen molar-refractivity contribution in [1.29, 1.82) is 0 Å². The Labute approximate surface area is 140 Å². The van der Waals surface area contributed by atoms with Crippen LogP contribution in [-0.2, 0) is 6.54 Å². The lowest BCUT2D eigenvalue weighted by atomic mass is 10.2. The van der Waals surface area contributed by atoms with E-state index in [0.29, 0.717) is 23.7 Å². The molecular formula is C18H19FN4O. The van der Waals surface area contributed by atoms with Gasteiger partial charge in [0.25, 0.3) is 5.91 Å². The first kappa shape index (κ1) is 15.1. The Balaban J connectivity index is 1.61. The van der Waals surface area contributed by atoms with E-state index >= 15 is 0 Å². The normalized spacial score (nSPS) is 17.8. The van der Waals surface area contributed by atoms with Crippen LogP contribution in [-0.4, -0.2) is 29.0 Å². The molecule has 6 heteroatoms. The van der Waals surface area contributed by atoms with E-state index in [2.05, 4.69) is 14.9 Å². The predicted octanol–water partition coefficient (Wildman–Crippen LogP) is 3.16. The maximum Gasteiger partial charge on any atom is 0.262 e. The van der Waals surface area contributed by atoms with Gasteiger partial charge in [-0.15, -0.1) is 0 Å². The number of hydrogen-bond acceptors (Lipinski definition) is 4. The van der Waals surface area contributed by atoms with Crippen molar-refractivity contribution in [3.05, 3.63) is 47.5 Å². The van der Waals surface area contributed by atoms with Crippen LogP contribution in [0.3, 0.4) is 0 Å². The Morgan fingerprint density at radius 1 is 1.08 bits per heavy atom. The van der Waals surface area contributed by atoms with E-state index in [4.69, 9.17) is 0 Å². The Hall–Kier alpha value is -2.50. The molecule has 124 valence electrons. The number of carbonyl (C=O) groups excluding carboxylic acids is 1. The van der Waals surface area contributed by atoms with Crippen molar-refractivity contribution >= 4 is 17.5 Å². The number of fused-ring (bicyclic) bond motifs is 1. The topological polar surface area (TPSA) is 49.3 Å². The second kappa shape index (κ2) is 6.19. The highest BCUT2D eigenvalue weighted by atomic mass is 19.1. The highest BCUT2D eigenvalue weighted by Crippen LogP contribution is 2.28.